The number of rotatable bonds is 2. The lowest BCUT2D eigenvalue weighted by atomic mass is 10.4. The summed E-state index contributed by atoms with van der Waals surface area (Å²) in [6, 6.07) is 0. The van der Waals surface area contributed by atoms with Crippen molar-refractivity contribution in [2.75, 3.05) is 0 Å². The van der Waals surface area contributed by atoms with Crippen LogP contribution >= 0.6 is 0 Å². The lowest BCUT2D eigenvalue weighted by molar-refractivity contribution is 0.833. The van der Waals surface area contributed by atoms with Crippen LogP contribution in [0.15, 0.2) is 12.7 Å². The average molecular weight is 236 g/mol. The highest BCUT2D eigenvalue weighted by atomic mass is 15.0. The number of aryl methyl sites for hydroxylation is 1. The Bertz CT molecular complexity index is 411. The summed E-state index contributed by atoms with van der Waals surface area (Å²) >= 11 is 0. The van der Waals surface area contributed by atoms with Crippen molar-refractivity contribution in [2.24, 2.45) is 7.05 Å². The van der Waals surface area contributed by atoms with Crippen LogP contribution in [0.1, 0.15) is 46.9 Å². The van der Waals surface area contributed by atoms with Gasteiger partial charge in [0.1, 0.15) is 5.82 Å². The van der Waals surface area contributed by atoms with E-state index in [1.165, 1.54) is 0 Å². The van der Waals surface area contributed by atoms with E-state index in [4.69, 9.17) is 0 Å². The minimum absolute atomic E-state index is 1.01. The quantitative estimate of drug-likeness (QED) is 0.772. The zero-order valence-corrected chi connectivity index (χ0v) is 12.5. The fourth-order valence-electron chi connectivity index (χ4n) is 1.31. The molecule has 0 amide bonds. The molecule has 1 aromatic heterocycles. The third kappa shape index (κ3) is 5.53. The van der Waals surface area contributed by atoms with E-state index in [-0.39, 0.29) is 0 Å². The van der Waals surface area contributed by atoms with Gasteiger partial charge in [0.05, 0.1) is 10.7 Å². The molecule has 2 heteroatoms. The maximum absolute atomic E-state index is 4.45. The summed E-state index contributed by atoms with van der Waals surface area (Å²) in [6.45, 7) is 15.8. The number of allylic oxidation sites excluding steroid dienone is 1. The first-order valence-corrected chi connectivity index (χ1v) is 6.53. The van der Waals surface area contributed by atoms with Gasteiger partial charge in [0.2, 0.25) is 0 Å². The van der Waals surface area contributed by atoms with Gasteiger partial charge in [-0.3, -0.25) is 0 Å². The highest BCUT2D eigenvalue weighted by Crippen LogP contribution is 1.82. The number of nitrogens with zero attached hydrogens (tertiary/aromatic N) is 2. The monoisotopic (exact) mass is 236 g/mol. The van der Waals surface area contributed by atoms with Crippen molar-refractivity contribution < 1.29 is 0 Å². The summed E-state index contributed by atoms with van der Waals surface area (Å²) in [5, 5.41) is 2.19. The molecular formula is C15H28N2. The molecule has 17 heavy (non-hydrogen) atoms. The van der Waals surface area contributed by atoms with Gasteiger partial charge in [-0.2, -0.15) is 0 Å². The van der Waals surface area contributed by atoms with E-state index in [2.05, 4.69) is 29.1 Å². The third-order valence-corrected chi connectivity index (χ3v) is 2.06. The van der Waals surface area contributed by atoms with Crippen molar-refractivity contribution in [3.8, 4) is 0 Å². The molecule has 0 spiro atoms. The van der Waals surface area contributed by atoms with E-state index in [0.29, 0.717) is 0 Å². The second-order valence-electron chi connectivity index (χ2n) is 3.00. The van der Waals surface area contributed by atoms with Crippen molar-refractivity contribution in [1.29, 1.82) is 0 Å². The maximum Gasteiger partial charge on any atom is 0.106 e. The SMILES string of the molecule is C=C/C=c1\c(=C/CC)nc(C)n1C.CC.CC. The molecule has 0 aliphatic carbocycles. The Hall–Kier alpha value is -1.31. The van der Waals surface area contributed by atoms with Crippen LogP contribution < -0.4 is 10.7 Å². The molecule has 1 heterocycles. The minimum Gasteiger partial charge on any atom is -0.331 e. The summed E-state index contributed by atoms with van der Waals surface area (Å²) in [6.07, 6.45) is 6.92. The van der Waals surface area contributed by atoms with Gasteiger partial charge in [0.15, 0.2) is 0 Å². The summed E-state index contributed by atoms with van der Waals surface area (Å²) in [4.78, 5) is 4.45. The zero-order chi connectivity index (χ0) is 13.8. The summed E-state index contributed by atoms with van der Waals surface area (Å²) in [7, 11) is 2.02. The van der Waals surface area contributed by atoms with Crippen molar-refractivity contribution in [2.45, 2.75) is 48.0 Å². The Morgan fingerprint density at radius 3 is 2.18 bits per heavy atom. The van der Waals surface area contributed by atoms with Gasteiger partial charge in [-0.05, 0) is 19.4 Å². The van der Waals surface area contributed by atoms with Crippen molar-refractivity contribution >= 4 is 12.2 Å². The molecule has 1 aromatic rings. The molecule has 0 bridgehead atoms. The first-order valence-electron chi connectivity index (χ1n) is 6.53. The average Bonchev–Trinajstić information content (AvgIpc) is 2.63. The van der Waals surface area contributed by atoms with Gasteiger partial charge in [-0.15, -0.1) is 0 Å². The van der Waals surface area contributed by atoms with Crippen LogP contribution in [-0.2, 0) is 7.05 Å². The van der Waals surface area contributed by atoms with E-state index >= 15 is 0 Å². The second-order valence-corrected chi connectivity index (χ2v) is 3.00. The summed E-state index contributed by atoms with van der Waals surface area (Å²) < 4.78 is 2.07. The smallest absolute Gasteiger partial charge is 0.106 e. The molecule has 98 valence electrons. The Balaban J connectivity index is 0. The van der Waals surface area contributed by atoms with Crippen molar-refractivity contribution in [3.05, 3.63) is 29.2 Å². The number of aromatic nitrogens is 2. The highest BCUT2D eigenvalue weighted by Gasteiger charge is 1.96. The predicted molar refractivity (Wildman–Crippen MR) is 79.3 cm³/mol. The van der Waals surface area contributed by atoms with Gasteiger partial charge in [-0.25, -0.2) is 4.98 Å². The molecule has 1 rings (SSSR count). The van der Waals surface area contributed by atoms with E-state index in [1.807, 2.05) is 47.7 Å². The molecule has 2 nitrogen and oxygen atoms in total. The summed E-state index contributed by atoms with van der Waals surface area (Å²) in [5.74, 6) is 1.04. The van der Waals surface area contributed by atoms with Gasteiger partial charge >= 0.3 is 0 Å². The largest absolute Gasteiger partial charge is 0.331 e. The molecule has 0 aromatic carbocycles. The molecule has 0 aliphatic heterocycles. The normalized spacial score (nSPS) is 11.2. The van der Waals surface area contributed by atoms with E-state index in [9.17, 15) is 0 Å². The number of hydrogen-bond donors (Lipinski definition) is 0. The van der Waals surface area contributed by atoms with Crippen LogP contribution in [-0.4, -0.2) is 9.55 Å². The Morgan fingerprint density at radius 2 is 1.76 bits per heavy atom. The molecule has 0 N–H and O–H groups in total. The van der Waals surface area contributed by atoms with Gasteiger partial charge in [-0.1, -0.05) is 53.3 Å². The lowest BCUT2D eigenvalue weighted by Crippen LogP contribution is -2.28. The topological polar surface area (TPSA) is 17.8 Å². The zero-order valence-electron chi connectivity index (χ0n) is 12.5. The van der Waals surface area contributed by atoms with Crippen LogP contribution in [0.3, 0.4) is 0 Å². The van der Waals surface area contributed by atoms with Crippen LogP contribution in [0.5, 0.6) is 0 Å². The molecule has 0 saturated carbocycles. The first kappa shape index (κ1) is 18.1. The van der Waals surface area contributed by atoms with E-state index in [0.717, 1.165) is 22.9 Å². The van der Waals surface area contributed by atoms with Gasteiger partial charge in [0.25, 0.3) is 0 Å². The predicted octanol–water partition coefficient (Wildman–Crippen LogP) is 2.94. The second kappa shape index (κ2) is 11.2. The molecule has 0 aliphatic rings. The van der Waals surface area contributed by atoms with Crippen LogP contribution in [0, 0.1) is 6.92 Å². The Labute approximate surface area is 106 Å². The standard InChI is InChI=1S/C11H16N2.2C2H6/c1-5-7-10-11(8-6-2)13(4)9(3)12-10;2*1-2/h6-8H,2,5H2,1,3-4H3;2*1-2H3/b10-7+,11-8+;;. The minimum atomic E-state index is 1.01. The van der Waals surface area contributed by atoms with E-state index in [1.54, 1.807) is 6.08 Å². The molecule has 0 atom stereocenters. The lowest BCUT2D eigenvalue weighted by Gasteiger charge is -1.91. The van der Waals surface area contributed by atoms with Crippen LogP contribution in [0.4, 0.5) is 0 Å². The number of hydrogen-bond acceptors (Lipinski definition) is 1. The molecule has 0 radical (unpaired) electrons. The van der Waals surface area contributed by atoms with Crippen LogP contribution in [0.25, 0.3) is 12.2 Å². The van der Waals surface area contributed by atoms with E-state index < -0.39 is 0 Å². The molecule has 0 saturated heterocycles. The van der Waals surface area contributed by atoms with Crippen molar-refractivity contribution in [3.63, 3.8) is 0 Å². The first-order chi connectivity index (χ1) is 8.20. The third-order valence-electron chi connectivity index (χ3n) is 2.06. The fourth-order valence-corrected chi connectivity index (χ4v) is 1.31. The molecule has 0 fully saturated rings. The van der Waals surface area contributed by atoms with Gasteiger partial charge in [0, 0.05) is 7.05 Å². The maximum atomic E-state index is 4.45. The van der Waals surface area contributed by atoms with Crippen LogP contribution in [0.2, 0.25) is 0 Å². The van der Waals surface area contributed by atoms with Gasteiger partial charge < -0.3 is 4.57 Å². The Morgan fingerprint density at radius 1 is 1.24 bits per heavy atom. The Kier molecular flexibility index (Phi) is 11.9. The highest BCUT2D eigenvalue weighted by molar-refractivity contribution is 5.35. The van der Waals surface area contributed by atoms with Crippen molar-refractivity contribution in [1.82, 2.24) is 9.55 Å². The molecular weight excluding hydrogens is 208 g/mol. The summed E-state index contributed by atoms with van der Waals surface area (Å²) in [5.41, 5.74) is 0. The fraction of sp³-hybridized carbons (Fsp3) is 0.533. The molecule has 0 unspecified atom stereocenters. The number of imidazole rings is 1.